The van der Waals surface area contributed by atoms with Gasteiger partial charge in [0.25, 0.3) is 5.91 Å². The molecule has 0 atom stereocenters. The van der Waals surface area contributed by atoms with Crippen LogP contribution in [0.1, 0.15) is 37.0 Å². The van der Waals surface area contributed by atoms with Crippen LogP contribution in [0.5, 0.6) is 5.75 Å². The van der Waals surface area contributed by atoms with E-state index in [4.69, 9.17) is 10.00 Å². The lowest BCUT2D eigenvalue weighted by Crippen LogP contribution is -2.44. The van der Waals surface area contributed by atoms with Crippen LogP contribution in [0.15, 0.2) is 60.9 Å². The van der Waals surface area contributed by atoms with Gasteiger partial charge in [-0.2, -0.15) is 18.4 Å². The summed E-state index contributed by atoms with van der Waals surface area (Å²) in [5.74, 6) is -0.00328. The molecule has 1 aliphatic heterocycles. The Hall–Kier alpha value is -4.39. The van der Waals surface area contributed by atoms with E-state index in [0.717, 1.165) is 29.0 Å². The van der Waals surface area contributed by atoms with E-state index in [9.17, 15) is 22.8 Å². The van der Waals surface area contributed by atoms with E-state index in [-0.39, 0.29) is 24.4 Å². The minimum atomic E-state index is -4.82. The third-order valence-electron chi connectivity index (χ3n) is 6.57. The molecule has 38 heavy (non-hydrogen) atoms. The van der Waals surface area contributed by atoms with Gasteiger partial charge in [0, 0.05) is 18.9 Å². The lowest BCUT2D eigenvalue weighted by molar-refractivity contribution is -0.138. The van der Waals surface area contributed by atoms with Crippen LogP contribution in [0.4, 0.5) is 23.7 Å². The predicted octanol–water partition coefficient (Wildman–Crippen LogP) is 5.96. The monoisotopic (exact) mass is 522 g/mol. The summed E-state index contributed by atoms with van der Waals surface area (Å²) in [6, 6.07) is 14.3. The zero-order chi connectivity index (χ0) is 27.7. The Bertz CT molecular complexity index is 1400. The van der Waals surface area contributed by atoms with Crippen LogP contribution in [0.25, 0.3) is 11.1 Å². The predicted molar refractivity (Wildman–Crippen MR) is 134 cm³/mol. The SMILES string of the molecule is Cc1c(N2C(=O)N(CCCOc3ccc(-c4ccncc4)cc3)C(C)(C)C2=O)ccc(C#N)c1C(F)(F)F. The van der Waals surface area contributed by atoms with Gasteiger partial charge < -0.3 is 9.64 Å². The fourth-order valence-corrected chi connectivity index (χ4v) is 4.53. The molecular weight excluding hydrogens is 497 g/mol. The van der Waals surface area contributed by atoms with Crippen molar-refractivity contribution in [1.82, 2.24) is 9.88 Å². The van der Waals surface area contributed by atoms with Gasteiger partial charge in [0.05, 0.1) is 29.5 Å². The molecule has 196 valence electrons. The molecule has 0 saturated carbocycles. The van der Waals surface area contributed by atoms with E-state index in [1.807, 2.05) is 36.4 Å². The molecule has 1 aromatic heterocycles. The van der Waals surface area contributed by atoms with E-state index in [1.54, 1.807) is 26.2 Å². The van der Waals surface area contributed by atoms with E-state index >= 15 is 0 Å². The van der Waals surface area contributed by atoms with Gasteiger partial charge in [-0.05, 0) is 80.3 Å². The summed E-state index contributed by atoms with van der Waals surface area (Å²) >= 11 is 0. The fraction of sp³-hybridized carbons (Fsp3) is 0.286. The van der Waals surface area contributed by atoms with Crippen molar-refractivity contribution in [3.8, 4) is 22.9 Å². The van der Waals surface area contributed by atoms with E-state index in [1.165, 1.54) is 17.0 Å². The fourth-order valence-electron chi connectivity index (χ4n) is 4.53. The molecule has 0 bridgehead atoms. The average molecular weight is 523 g/mol. The third kappa shape index (κ3) is 4.92. The van der Waals surface area contributed by atoms with Crippen LogP contribution in [0.3, 0.4) is 0 Å². The summed E-state index contributed by atoms with van der Waals surface area (Å²) in [5, 5.41) is 9.14. The summed E-state index contributed by atoms with van der Waals surface area (Å²) in [7, 11) is 0. The van der Waals surface area contributed by atoms with Gasteiger partial charge in [-0.15, -0.1) is 0 Å². The van der Waals surface area contributed by atoms with E-state index in [0.29, 0.717) is 12.2 Å². The maximum absolute atomic E-state index is 13.7. The van der Waals surface area contributed by atoms with Crippen LogP contribution in [0.2, 0.25) is 0 Å². The number of carbonyl (C=O) groups is 2. The zero-order valence-corrected chi connectivity index (χ0v) is 21.0. The highest BCUT2D eigenvalue weighted by atomic mass is 19.4. The van der Waals surface area contributed by atoms with Crippen LogP contribution in [0, 0.1) is 18.3 Å². The Labute approximate surface area is 218 Å². The number of anilines is 1. The first-order valence-corrected chi connectivity index (χ1v) is 11.9. The first-order valence-electron chi connectivity index (χ1n) is 11.9. The highest BCUT2D eigenvalue weighted by Crippen LogP contribution is 2.41. The number of nitriles is 1. The molecule has 3 amide bonds. The van der Waals surface area contributed by atoms with Crippen molar-refractivity contribution >= 4 is 17.6 Å². The number of halogens is 3. The number of rotatable bonds is 7. The van der Waals surface area contributed by atoms with Crippen molar-refractivity contribution in [3.05, 3.63) is 77.6 Å². The van der Waals surface area contributed by atoms with Gasteiger partial charge in [-0.1, -0.05) is 12.1 Å². The standard InChI is InChI=1S/C28H25F3N4O3/c1-18-23(10-7-21(17-32)24(18)28(29,30)31)35-25(36)27(2,3)34(26(35)37)15-4-16-38-22-8-5-19(6-9-22)20-11-13-33-14-12-20/h5-14H,4,15-16H2,1-3H3. The number of hydrogen-bond acceptors (Lipinski definition) is 5. The molecule has 2 aromatic carbocycles. The number of ether oxygens (including phenoxy) is 1. The molecule has 1 aliphatic rings. The van der Waals surface area contributed by atoms with Crippen molar-refractivity contribution in [2.45, 2.75) is 38.9 Å². The highest BCUT2D eigenvalue weighted by Gasteiger charge is 2.52. The largest absolute Gasteiger partial charge is 0.494 e. The second-order valence-electron chi connectivity index (χ2n) is 9.34. The second kappa shape index (κ2) is 10.2. The smallest absolute Gasteiger partial charge is 0.418 e. The number of aromatic nitrogens is 1. The number of nitrogens with zero attached hydrogens (tertiary/aromatic N) is 4. The van der Waals surface area contributed by atoms with Crippen molar-refractivity contribution in [1.29, 1.82) is 5.26 Å². The maximum atomic E-state index is 13.7. The molecule has 4 rings (SSSR count). The van der Waals surface area contributed by atoms with E-state index < -0.39 is 34.8 Å². The number of imide groups is 1. The molecule has 0 unspecified atom stereocenters. The molecule has 0 radical (unpaired) electrons. The Morgan fingerprint density at radius 1 is 1.00 bits per heavy atom. The summed E-state index contributed by atoms with van der Waals surface area (Å²) in [6.45, 7) is 4.68. The van der Waals surface area contributed by atoms with Crippen molar-refractivity contribution in [3.63, 3.8) is 0 Å². The Kier molecular flexibility index (Phi) is 7.14. The van der Waals surface area contributed by atoms with Crippen LogP contribution >= 0.6 is 0 Å². The highest BCUT2D eigenvalue weighted by molar-refractivity contribution is 6.23. The average Bonchev–Trinajstić information content (AvgIpc) is 3.05. The van der Waals surface area contributed by atoms with Crippen LogP contribution < -0.4 is 9.64 Å². The molecule has 1 fully saturated rings. The number of hydrogen-bond donors (Lipinski definition) is 0. The molecule has 0 spiro atoms. The molecule has 0 N–H and O–H groups in total. The van der Waals surface area contributed by atoms with Gasteiger partial charge in [-0.25, -0.2) is 9.69 Å². The van der Waals surface area contributed by atoms with Gasteiger partial charge in [0.1, 0.15) is 11.3 Å². The minimum absolute atomic E-state index is 0.157. The van der Waals surface area contributed by atoms with Gasteiger partial charge in [0.2, 0.25) is 0 Å². The summed E-state index contributed by atoms with van der Waals surface area (Å²) in [4.78, 5) is 32.6. The lowest BCUT2D eigenvalue weighted by Gasteiger charge is -2.27. The number of urea groups is 1. The van der Waals surface area contributed by atoms with E-state index in [2.05, 4.69) is 4.98 Å². The molecule has 3 aromatic rings. The van der Waals surface area contributed by atoms with Crippen molar-refractivity contribution < 1.29 is 27.5 Å². The van der Waals surface area contributed by atoms with Crippen LogP contribution in [-0.4, -0.2) is 40.5 Å². The molecule has 1 saturated heterocycles. The van der Waals surface area contributed by atoms with Gasteiger partial charge in [-0.3, -0.25) is 9.78 Å². The molecule has 0 aliphatic carbocycles. The van der Waals surface area contributed by atoms with Gasteiger partial charge >= 0.3 is 12.2 Å². The quantitative estimate of drug-likeness (QED) is 0.282. The Morgan fingerprint density at radius 2 is 1.63 bits per heavy atom. The molecule has 2 heterocycles. The van der Waals surface area contributed by atoms with Gasteiger partial charge in [0.15, 0.2) is 0 Å². The number of amides is 3. The first-order chi connectivity index (χ1) is 18.0. The number of pyridine rings is 1. The number of carbonyl (C=O) groups excluding carboxylic acids is 2. The molecular formula is C28H25F3N4O3. The Balaban J connectivity index is 1.45. The first kappa shape index (κ1) is 26.7. The molecule has 7 nitrogen and oxygen atoms in total. The summed E-state index contributed by atoms with van der Waals surface area (Å²) in [6.07, 6.45) is -1.00. The number of alkyl halides is 3. The van der Waals surface area contributed by atoms with Crippen molar-refractivity contribution in [2.75, 3.05) is 18.1 Å². The molecule has 10 heteroatoms. The topological polar surface area (TPSA) is 86.5 Å². The minimum Gasteiger partial charge on any atom is -0.494 e. The maximum Gasteiger partial charge on any atom is 0.418 e. The lowest BCUT2D eigenvalue weighted by atomic mass is 9.98. The van der Waals surface area contributed by atoms with Crippen molar-refractivity contribution in [2.24, 2.45) is 0 Å². The zero-order valence-electron chi connectivity index (χ0n) is 21.0. The number of benzene rings is 2. The Morgan fingerprint density at radius 3 is 2.24 bits per heavy atom. The normalized spacial score (nSPS) is 15.1. The van der Waals surface area contributed by atoms with Crippen LogP contribution in [-0.2, 0) is 11.0 Å². The summed E-state index contributed by atoms with van der Waals surface area (Å²) < 4.78 is 46.8. The third-order valence-corrected chi connectivity index (χ3v) is 6.57. The second-order valence-corrected chi connectivity index (χ2v) is 9.34. The summed E-state index contributed by atoms with van der Waals surface area (Å²) in [5.41, 5.74) is -1.51.